The molecule has 1 amide bonds. The van der Waals surface area contributed by atoms with Crippen molar-refractivity contribution in [2.45, 2.75) is 64.5 Å². The molecule has 1 aromatic carbocycles. The number of aryl methyl sites for hydroxylation is 2. The molecule has 0 spiro atoms. The zero-order valence-electron chi connectivity index (χ0n) is 18.0. The summed E-state index contributed by atoms with van der Waals surface area (Å²) >= 11 is 0. The zero-order valence-corrected chi connectivity index (χ0v) is 18.0. The Labute approximate surface area is 181 Å². The standard InChI is InChI=1S/C24H30F2N4O/c1-2-20-22(30-10-4-3-5-21(30)28-20)23(31)27-13-16-6-8-19(9-7-16)29-14-17-11-24(25,26)12-18(17)15-29/h6-9,17-18H,2-5,10-15H2,1H3,(H,27,31). The lowest BCUT2D eigenvalue weighted by Crippen LogP contribution is -2.28. The first-order valence-corrected chi connectivity index (χ1v) is 11.5. The van der Waals surface area contributed by atoms with Crippen LogP contribution in [-0.2, 0) is 25.9 Å². The highest BCUT2D eigenvalue weighted by Gasteiger charge is 2.50. The molecule has 3 aliphatic rings. The monoisotopic (exact) mass is 428 g/mol. The Morgan fingerprint density at radius 1 is 1.16 bits per heavy atom. The SMILES string of the molecule is CCc1nc2n(c1C(=O)NCc1ccc(N3CC4CC(F)(F)CC4C3)cc1)CCCC2. The number of nitrogens with one attached hydrogen (secondary N) is 1. The summed E-state index contributed by atoms with van der Waals surface area (Å²) in [4.78, 5) is 19.8. The van der Waals surface area contributed by atoms with Gasteiger partial charge in [0.2, 0.25) is 5.92 Å². The van der Waals surface area contributed by atoms with E-state index in [0.717, 1.165) is 55.0 Å². The molecule has 1 aliphatic carbocycles. The summed E-state index contributed by atoms with van der Waals surface area (Å²) in [5.74, 6) is -1.30. The van der Waals surface area contributed by atoms with Gasteiger partial charge < -0.3 is 14.8 Å². The third kappa shape index (κ3) is 3.94. The van der Waals surface area contributed by atoms with Gasteiger partial charge in [-0.05, 0) is 48.8 Å². The van der Waals surface area contributed by atoms with Crippen molar-refractivity contribution < 1.29 is 13.6 Å². The van der Waals surface area contributed by atoms with Crippen LogP contribution < -0.4 is 10.2 Å². The van der Waals surface area contributed by atoms with Crippen LogP contribution in [0.15, 0.2) is 24.3 Å². The van der Waals surface area contributed by atoms with E-state index >= 15 is 0 Å². The van der Waals surface area contributed by atoms with Gasteiger partial charge in [0, 0.05) is 51.1 Å². The number of amides is 1. The van der Waals surface area contributed by atoms with E-state index < -0.39 is 5.92 Å². The Balaban J connectivity index is 1.21. The average molecular weight is 429 g/mol. The molecular weight excluding hydrogens is 398 g/mol. The van der Waals surface area contributed by atoms with Crippen LogP contribution in [0.2, 0.25) is 0 Å². The van der Waals surface area contributed by atoms with Gasteiger partial charge in [-0.2, -0.15) is 0 Å². The van der Waals surface area contributed by atoms with E-state index in [9.17, 15) is 13.6 Å². The highest BCUT2D eigenvalue weighted by Crippen LogP contribution is 2.47. The van der Waals surface area contributed by atoms with Crippen molar-refractivity contribution in [3.05, 3.63) is 47.0 Å². The van der Waals surface area contributed by atoms with Crippen molar-refractivity contribution in [1.82, 2.24) is 14.9 Å². The Morgan fingerprint density at radius 3 is 2.55 bits per heavy atom. The molecule has 2 aromatic rings. The molecule has 0 bridgehead atoms. The Kier molecular flexibility index (Phi) is 5.22. The van der Waals surface area contributed by atoms with Gasteiger partial charge >= 0.3 is 0 Å². The van der Waals surface area contributed by atoms with Crippen LogP contribution >= 0.6 is 0 Å². The number of rotatable bonds is 5. The third-order valence-corrected chi connectivity index (χ3v) is 7.15. The maximum absolute atomic E-state index is 13.6. The van der Waals surface area contributed by atoms with E-state index in [4.69, 9.17) is 0 Å². The highest BCUT2D eigenvalue weighted by atomic mass is 19.3. The number of alkyl halides is 2. The van der Waals surface area contributed by atoms with Crippen molar-refractivity contribution in [2.75, 3.05) is 18.0 Å². The molecule has 3 heterocycles. The van der Waals surface area contributed by atoms with E-state index in [0.29, 0.717) is 25.3 Å². The number of benzene rings is 1. The highest BCUT2D eigenvalue weighted by molar-refractivity contribution is 5.94. The molecular formula is C24H30F2N4O. The molecule has 2 unspecified atom stereocenters. The second-order valence-corrected chi connectivity index (χ2v) is 9.32. The van der Waals surface area contributed by atoms with Crippen LogP contribution in [0.1, 0.15) is 60.2 Å². The second kappa shape index (κ2) is 7.92. The minimum Gasteiger partial charge on any atom is -0.371 e. The zero-order chi connectivity index (χ0) is 21.6. The number of hydrogen-bond acceptors (Lipinski definition) is 3. The molecule has 31 heavy (non-hydrogen) atoms. The van der Waals surface area contributed by atoms with Crippen LogP contribution in [0, 0.1) is 11.8 Å². The van der Waals surface area contributed by atoms with Crippen molar-refractivity contribution in [1.29, 1.82) is 0 Å². The van der Waals surface area contributed by atoms with E-state index in [1.54, 1.807) is 0 Å². The molecule has 2 atom stereocenters. The largest absolute Gasteiger partial charge is 0.371 e. The number of hydrogen-bond donors (Lipinski definition) is 1. The summed E-state index contributed by atoms with van der Waals surface area (Å²) in [6, 6.07) is 8.12. The summed E-state index contributed by atoms with van der Waals surface area (Å²) in [6.45, 7) is 4.78. The number of fused-ring (bicyclic) bond motifs is 2. The Morgan fingerprint density at radius 2 is 1.87 bits per heavy atom. The molecule has 5 nitrogen and oxygen atoms in total. The summed E-state index contributed by atoms with van der Waals surface area (Å²) in [5, 5.41) is 3.06. The van der Waals surface area contributed by atoms with E-state index in [-0.39, 0.29) is 30.6 Å². The van der Waals surface area contributed by atoms with Gasteiger partial charge in [0.05, 0.1) is 5.69 Å². The summed E-state index contributed by atoms with van der Waals surface area (Å²) in [5.41, 5.74) is 3.70. The van der Waals surface area contributed by atoms with Crippen molar-refractivity contribution in [3.63, 3.8) is 0 Å². The topological polar surface area (TPSA) is 50.2 Å². The molecule has 1 saturated carbocycles. The van der Waals surface area contributed by atoms with Crippen LogP contribution in [0.5, 0.6) is 0 Å². The lowest BCUT2D eigenvalue weighted by atomic mass is 10.0. The number of aromatic nitrogens is 2. The van der Waals surface area contributed by atoms with Crippen molar-refractivity contribution in [3.8, 4) is 0 Å². The van der Waals surface area contributed by atoms with Gasteiger partial charge in [-0.3, -0.25) is 4.79 Å². The normalized spacial score (nSPS) is 24.2. The maximum Gasteiger partial charge on any atom is 0.270 e. The smallest absolute Gasteiger partial charge is 0.270 e. The number of anilines is 1. The fourth-order valence-corrected chi connectivity index (χ4v) is 5.59. The van der Waals surface area contributed by atoms with E-state index in [1.165, 1.54) is 0 Å². The summed E-state index contributed by atoms with van der Waals surface area (Å²) < 4.78 is 29.3. The Bertz CT molecular complexity index is 953. The summed E-state index contributed by atoms with van der Waals surface area (Å²) in [6.07, 6.45) is 3.96. The number of halogens is 2. The van der Waals surface area contributed by atoms with Gasteiger partial charge in [-0.1, -0.05) is 19.1 Å². The maximum atomic E-state index is 13.6. The van der Waals surface area contributed by atoms with Crippen molar-refractivity contribution >= 4 is 11.6 Å². The lowest BCUT2D eigenvalue weighted by molar-refractivity contribution is 0.00173. The average Bonchev–Trinajstić information content (AvgIpc) is 3.40. The van der Waals surface area contributed by atoms with Gasteiger partial charge in [-0.25, -0.2) is 13.8 Å². The number of carbonyl (C=O) groups excluding carboxylic acids is 1. The summed E-state index contributed by atoms with van der Waals surface area (Å²) in [7, 11) is 0. The molecule has 2 aliphatic heterocycles. The molecule has 2 fully saturated rings. The predicted octanol–water partition coefficient (Wildman–Crippen LogP) is 4.19. The van der Waals surface area contributed by atoms with E-state index in [1.807, 2.05) is 31.2 Å². The lowest BCUT2D eigenvalue weighted by Gasteiger charge is -2.21. The molecule has 0 radical (unpaired) electrons. The van der Waals surface area contributed by atoms with Gasteiger partial charge in [-0.15, -0.1) is 0 Å². The first-order chi connectivity index (χ1) is 14.9. The number of imidazole rings is 1. The van der Waals surface area contributed by atoms with Crippen LogP contribution in [0.3, 0.4) is 0 Å². The molecule has 7 heteroatoms. The molecule has 1 aromatic heterocycles. The first kappa shape index (κ1) is 20.5. The van der Waals surface area contributed by atoms with Crippen LogP contribution in [-0.4, -0.2) is 34.5 Å². The fraction of sp³-hybridized carbons (Fsp3) is 0.583. The Hall–Kier alpha value is -2.44. The molecule has 1 saturated heterocycles. The number of carbonyl (C=O) groups is 1. The predicted molar refractivity (Wildman–Crippen MR) is 116 cm³/mol. The van der Waals surface area contributed by atoms with Crippen molar-refractivity contribution in [2.24, 2.45) is 11.8 Å². The van der Waals surface area contributed by atoms with E-state index in [2.05, 4.69) is 19.8 Å². The third-order valence-electron chi connectivity index (χ3n) is 7.15. The second-order valence-electron chi connectivity index (χ2n) is 9.32. The van der Waals surface area contributed by atoms with Gasteiger partial charge in [0.15, 0.2) is 0 Å². The quantitative estimate of drug-likeness (QED) is 0.777. The first-order valence-electron chi connectivity index (χ1n) is 11.5. The molecule has 5 rings (SSSR count). The molecule has 166 valence electrons. The fourth-order valence-electron chi connectivity index (χ4n) is 5.59. The minimum atomic E-state index is -2.48. The number of nitrogens with zero attached hydrogens (tertiary/aromatic N) is 3. The molecule has 1 N–H and O–H groups in total. The van der Waals surface area contributed by atoms with Crippen LogP contribution in [0.25, 0.3) is 0 Å². The van der Waals surface area contributed by atoms with Gasteiger partial charge in [0.25, 0.3) is 5.91 Å². The van der Waals surface area contributed by atoms with Crippen LogP contribution in [0.4, 0.5) is 14.5 Å². The minimum absolute atomic E-state index is 0.0241. The van der Waals surface area contributed by atoms with Gasteiger partial charge in [0.1, 0.15) is 11.5 Å².